The van der Waals surface area contributed by atoms with Crippen molar-refractivity contribution in [2.24, 2.45) is 0 Å². The Morgan fingerprint density at radius 3 is 2.46 bits per heavy atom. The fourth-order valence-corrected chi connectivity index (χ4v) is 1.04. The maximum atomic E-state index is 5.23. The zero-order valence-corrected chi connectivity index (χ0v) is 9.88. The van der Waals surface area contributed by atoms with Gasteiger partial charge in [-0.1, -0.05) is 35.0 Å². The zero-order valence-electron chi connectivity index (χ0n) is 8.30. The third kappa shape index (κ3) is 12.1. The van der Waals surface area contributed by atoms with Gasteiger partial charge in [0.2, 0.25) is 0 Å². The van der Waals surface area contributed by atoms with E-state index in [2.05, 4.69) is 35.0 Å². The van der Waals surface area contributed by atoms with Crippen molar-refractivity contribution in [2.45, 2.75) is 26.2 Å². The van der Waals surface area contributed by atoms with E-state index >= 15 is 0 Å². The van der Waals surface area contributed by atoms with Crippen LogP contribution in [0.25, 0.3) is 0 Å². The Balaban J connectivity index is 2.91. The van der Waals surface area contributed by atoms with Crippen LogP contribution in [0, 0.1) is 0 Å². The lowest BCUT2D eigenvalue weighted by Gasteiger charge is -2.02. The van der Waals surface area contributed by atoms with Crippen LogP contribution in [0.1, 0.15) is 26.2 Å². The number of allylic oxidation sites excluding steroid dienone is 1. The van der Waals surface area contributed by atoms with E-state index < -0.39 is 0 Å². The van der Waals surface area contributed by atoms with E-state index in [0.29, 0.717) is 6.79 Å². The highest BCUT2D eigenvalue weighted by atomic mass is 79.9. The summed E-state index contributed by atoms with van der Waals surface area (Å²) in [5, 5.41) is 1.03. The summed E-state index contributed by atoms with van der Waals surface area (Å²) in [5.41, 5.74) is 0. The number of ether oxygens (including phenoxy) is 2. The summed E-state index contributed by atoms with van der Waals surface area (Å²) in [6.07, 6.45) is 7.41. The molecule has 0 radical (unpaired) electrons. The molecule has 0 aliphatic carbocycles. The van der Waals surface area contributed by atoms with Crippen LogP contribution in [0.5, 0.6) is 0 Å². The lowest BCUT2D eigenvalue weighted by molar-refractivity contribution is -0.0519. The highest BCUT2D eigenvalue weighted by Crippen LogP contribution is 1.92. The fourth-order valence-electron chi connectivity index (χ4n) is 0.771. The van der Waals surface area contributed by atoms with Crippen molar-refractivity contribution in [3.05, 3.63) is 12.2 Å². The van der Waals surface area contributed by atoms with Gasteiger partial charge >= 0.3 is 0 Å². The van der Waals surface area contributed by atoms with Gasteiger partial charge in [-0.15, -0.1) is 0 Å². The average molecular weight is 251 g/mol. The fraction of sp³-hybridized carbons (Fsp3) is 0.800. The van der Waals surface area contributed by atoms with Crippen molar-refractivity contribution in [3.63, 3.8) is 0 Å². The molecule has 0 saturated heterocycles. The third-order valence-electron chi connectivity index (χ3n) is 1.39. The summed E-state index contributed by atoms with van der Waals surface area (Å²) in [6, 6.07) is 0. The lowest BCUT2D eigenvalue weighted by atomic mass is 10.3. The Morgan fingerprint density at radius 1 is 1.08 bits per heavy atom. The normalized spacial score (nSPS) is 11.2. The number of rotatable bonds is 9. The van der Waals surface area contributed by atoms with Crippen molar-refractivity contribution < 1.29 is 9.47 Å². The molecule has 0 amide bonds. The van der Waals surface area contributed by atoms with E-state index in [4.69, 9.17) is 9.47 Å². The molecule has 0 aliphatic rings. The second-order valence-corrected chi connectivity index (χ2v) is 3.47. The second-order valence-electron chi connectivity index (χ2n) is 2.67. The molecule has 0 saturated carbocycles. The van der Waals surface area contributed by atoms with Crippen LogP contribution >= 0.6 is 15.9 Å². The number of halogens is 1. The molecular weight excluding hydrogens is 232 g/mol. The molecule has 0 spiro atoms. The summed E-state index contributed by atoms with van der Waals surface area (Å²) in [4.78, 5) is 0. The minimum Gasteiger partial charge on any atom is -0.355 e. The monoisotopic (exact) mass is 250 g/mol. The SMILES string of the molecule is CCCOCOCC/C=C\CCBr. The van der Waals surface area contributed by atoms with E-state index in [1.807, 2.05) is 0 Å². The molecule has 3 heteroatoms. The summed E-state index contributed by atoms with van der Waals surface area (Å²) >= 11 is 3.36. The van der Waals surface area contributed by atoms with E-state index in [0.717, 1.165) is 37.8 Å². The first-order chi connectivity index (χ1) is 6.41. The van der Waals surface area contributed by atoms with Crippen LogP contribution < -0.4 is 0 Å². The summed E-state index contributed by atoms with van der Waals surface area (Å²) < 4.78 is 10.4. The summed E-state index contributed by atoms with van der Waals surface area (Å²) in [5.74, 6) is 0. The molecule has 0 aromatic heterocycles. The van der Waals surface area contributed by atoms with Crippen molar-refractivity contribution in [3.8, 4) is 0 Å². The van der Waals surface area contributed by atoms with Gasteiger partial charge in [-0.3, -0.25) is 0 Å². The molecule has 0 N–H and O–H groups in total. The maximum absolute atomic E-state index is 5.23. The first kappa shape index (κ1) is 13.1. The molecule has 0 aromatic carbocycles. The molecule has 0 unspecified atom stereocenters. The van der Waals surface area contributed by atoms with Crippen LogP contribution in [-0.2, 0) is 9.47 Å². The Hall–Kier alpha value is 0.140. The topological polar surface area (TPSA) is 18.5 Å². The molecule has 0 rings (SSSR count). The maximum Gasteiger partial charge on any atom is 0.146 e. The van der Waals surface area contributed by atoms with Gasteiger partial charge in [0.1, 0.15) is 6.79 Å². The Bertz CT molecular complexity index is 115. The van der Waals surface area contributed by atoms with Gasteiger partial charge in [0.25, 0.3) is 0 Å². The van der Waals surface area contributed by atoms with Crippen LogP contribution in [0.4, 0.5) is 0 Å². The van der Waals surface area contributed by atoms with Crippen LogP contribution in [-0.4, -0.2) is 25.3 Å². The smallest absolute Gasteiger partial charge is 0.146 e. The van der Waals surface area contributed by atoms with Gasteiger partial charge in [-0.25, -0.2) is 0 Å². The number of alkyl halides is 1. The predicted octanol–water partition coefficient (Wildman–Crippen LogP) is 3.12. The molecule has 13 heavy (non-hydrogen) atoms. The van der Waals surface area contributed by atoms with Crippen molar-refractivity contribution in [2.75, 3.05) is 25.3 Å². The Kier molecular flexibility index (Phi) is 12.3. The second kappa shape index (κ2) is 12.1. The van der Waals surface area contributed by atoms with Gasteiger partial charge < -0.3 is 9.47 Å². The lowest BCUT2D eigenvalue weighted by Crippen LogP contribution is -2.01. The zero-order chi connectivity index (χ0) is 9.78. The van der Waals surface area contributed by atoms with Crippen LogP contribution in [0.15, 0.2) is 12.2 Å². The van der Waals surface area contributed by atoms with Crippen molar-refractivity contribution >= 4 is 15.9 Å². The average Bonchev–Trinajstić information content (AvgIpc) is 2.16. The highest BCUT2D eigenvalue weighted by Gasteiger charge is 1.85. The molecule has 2 nitrogen and oxygen atoms in total. The van der Waals surface area contributed by atoms with Crippen molar-refractivity contribution in [1.82, 2.24) is 0 Å². The van der Waals surface area contributed by atoms with Gasteiger partial charge in [-0.05, 0) is 19.3 Å². The molecule has 0 aliphatic heterocycles. The van der Waals surface area contributed by atoms with E-state index in [1.54, 1.807) is 0 Å². The predicted molar refractivity (Wildman–Crippen MR) is 59.2 cm³/mol. The molecule has 0 aromatic rings. The number of hydrogen-bond acceptors (Lipinski definition) is 2. The standard InChI is InChI=1S/C10H19BrO2/c1-2-8-12-10-13-9-6-4-3-5-7-11/h3-4H,2,5-10H2,1H3/b4-3-. The van der Waals surface area contributed by atoms with Gasteiger partial charge in [0, 0.05) is 11.9 Å². The molecule has 0 bridgehead atoms. The van der Waals surface area contributed by atoms with E-state index in [1.165, 1.54) is 0 Å². The first-order valence-electron chi connectivity index (χ1n) is 4.78. The Morgan fingerprint density at radius 2 is 1.77 bits per heavy atom. The quantitative estimate of drug-likeness (QED) is 0.271. The molecule has 0 heterocycles. The van der Waals surface area contributed by atoms with Gasteiger partial charge in [-0.2, -0.15) is 0 Å². The number of hydrogen-bond donors (Lipinski definition) is 0. The van der Waals surface area contributed by atoms with E-state index in [-0.39, 0.29) is 0 Å². The van der Waals surface area contributed by atoms with Crippen LogP contribution in [0.3, 0.4) is 0 Å². The van der Waals surface area contributed by atoms with E-state index in [9.17, 15) is 0 Å². The third-order valence-corrected chi connectivity index (χ3v) is 1.84. The molecule has 0 fully saturated rings. The van der Waals surface area contributed by atoms with Gasteiger partial charge in [0.15, 0.2) is 0 Å². The van der Waals surface area contributed by atoms with Crippen LogP contribution in [0.2, 0.25) is 0 Å². The summed E-state index contributed by atoms with van der Waals surface area (Å²) in [7, 11) is 0. The highest BCUT2D eigenvalue weighted by molar-refractivity contribution is 9.09. The Labute approximate surface area is 89.4 Å². The first-order valence-corrected chi connectivity index (χ1v) is 5.90. The minimum atomic E-state index is 0.431. The van der Waals surface area contributed by atoms with Gasteiger partial charge in [0.05, 0.1) is 6.61 Å². The van der Waals surface area contributed by atoms with Crippen molar-refractivity contribution in [1.29, 1.82) is 0 Å². The molecule has 0 atom stereocenters. The minimum absolute atomic E-state index is 0.431. The largest absolute Gasteiger partial charge is 0.355 e. The molecular formula is C10H19BrO2. The molecule has 78 valence electrons. The summed E-state index contributed by atoms with van der Waals surface area (Å²) in [6.45, 7) is 4.06.